The van der Waals surface area contributed by atoms with Gasteiger partial charge >= 0.3 is 0 Å². The van der Waals surface area contributed by atoms with E-state index in [4.69, 9.17) is 5.26 Å². The van der Waals surface area contributed by atoms with Crippen LogP contribution in [-0.4, -0.2) is 35.8 Å². The molecule has 1 heterocycles. The number of ketones is 1. The van der Waals surface area contributed by atoms with Gasteiger partial charge in [-0.1, -0.05) is 18.2 Å². The predicted molar refractivity (Wildman–Crippen MR) is 113 cm³/mol. The number of nitriles is 1. The number of carbonyl (C=O) groups is 2. The van der Waals surface area contributed by atoms with Crippen molar-refractivity contribution in [2.45, 2.75) is 26.3 Å². The van der Waals surface area contributed by atoms with Crippen LogP contribution >= 0.6 is 0 Å². The topological polar surface area (TPSA) is 97.8 Å². The molecule has 3 N–H and O–H groups in total. The second kappa shape index (κ2) is 9.18. The van der Waals surface area contributed by atoms with Crippen LogP contribution in [0.25, 0.3) is 10.9 Å². The highest BCUT2D eigenvalue weighted by molar-refractivity contribution is 6.11. The molecule has 0 unspecified atom stereocenters. The number of aromatic amines is 1. The third-order valence-corrected chi connectivity index (χ3v) is 4.89. The van der Waals surface area contributed by atoms with Crippen molar-refractivity contribution in [1.82, 2.24) is 15.6 Å². The Balaban J connectivity index is 1.63. The molecule has 1 atom stereocenters. The van der Waals surface area contributed by atoms with E-state index in [0.717, 1.165) is 22.9 Å². The number of hydrogen-bond acceptors (Lipinski definition) is 4. The zero-order valence-corrected chi connectivity index (χ0v) is 16.6. The lowest BCUT2D eigenvalue weighted by Gasteiger charge is -2.12. The molecule has 0 bridgehead atoms. The van der Waals surface area contributed by atoms with Gasteiger partial charge < -0.3 is 15.6 Å². The number of hydrogen-bond donors (Lipinski definition) is 3. The number of H-pyrrole nitrogens is 1. The van der Waals surface area contributed by atoms with Crippen LogP contribution in [0, 0.1) is 11.3 Å². The Morgan fingerprint density at radius 3 is 2.62 bits per heavy atom. The predicted octanol–water partition coefficient (Wildman–Crippen LogP) is 3.19. The molecule has 0 spiro atoms. The van der Waals surface area contributed by atoms with Crippen molar-refractivity contribution in [1.29, 1.82) is 5.26 Å². The van der Waals surface area contributed by atoms with Crippen molar-refractivity contribution in [3.05, 3.63) is 70.9 Å². The second-order valence-corrected chi connectivity index (χ2v) is 6.92. The summed E-state index contributed by atoms with van der Waals surface area (Å²) >= 11 is 0. The Morgan fingerprint density at radius 2 is 1.93 bits per heavy atom. The molecule has 3 rings (SSSR count). The lowest BCUT2D eigenvalue weighted by molar-refractivity contribution is 0.0947. The van der Waals surface area contributed by atoms with Gasteiger partial charge in [0, 0.05) is 34.8 Å². The molecule has 3 aromatic rings. The van der Waals surface area contributed by atoms with Crippen LogP contribution in [0.2, 0.25) is 0 Å². The number of rotatable bonds is 8. The van der Waals surface area contributed by atoms with E-state index in [1.807, 2.05) is 32.0 Å². The molecular weight excluding hydrogens is 364 g/mol. The Hall–Kier alpha value is -3.43. The van der Waals surface area contributed by atoms with Crippen LogP contribution in [-0.2, 0) is 6.42 Å². The largest absolute Gasteiger partial charge is 0.360 e. The summed E-state index contributed by atoms with van der Waals surface area (Å²) in [5.41, 5.74) is 3.69. The highest BCUT2D eigenvalue weighted by Crippen LogP contribution is 2.21. The first-order valence-electron chi connectivity index (χ1n) is 9.69. The molecule has 0 aliphatic heterocycles. The molecule has 0 radical (unpaired) electrons. The molecule has 1 aromatic heterocycles. The van der Waals surface area contributed by atoms with Crippen molar-refractivity contribution in [3.63, 3.8) is 0 Å². The molecular formula is C23H24N4O2. The van der Waals surface area contributed by atoms with Gasteiger partial charge in [0.25, 0.3) is 5.91 Å². The molecule has 0 aliphatic rings. The van der Waals surface area contributed by atoms with E-state index >= 15 is 0 Å². The van der Waals surface area contributed by atoms with Gasteiger partial charge in [-0.25, -0.2) is 0 Å². The lowest BCUT2D eigenvalue weighted by atomic mass is 10.0. The van der Waals surface area contributed by atoms with Crippen molar-refractivity contribution in [3.8, 4) is 6.07 Å². The average Bonchev–Trinajstić information content (AvgIpc) is 3.17. The molecule has 0 saturated carbocycles. The molecule has 0 aliphatic carbocycles. The van der Waals surface area contributed by atoms with E-state index in [9.17, 15) is 9.59 Å². The van der Waals surface area contributed by atoms with Gasteiger partial charge in [0.15, 0.2) is 5.78 Å². The maximum absolute atomic E-state index is 12.9. The van der Waals surface area contributed by atoms with E-state index in [-0.39, 0.29) is 17.7 Å². The molecule has 2 aromatic carbocycles. The SMILES string of the molecule is CCNC(=O)c1ccc2c(C(=O)[C@@H](C)NCCc3ccc(C#N)cc3)c[nH]c2c1. The summed E-state index contributed by atoms with van der Waals surface area (Å²) in [4.78, 5) is 28.0. The number of fused-ring (bicyclic) bond motifs is 1. The van der Waals surface area contributed by atoms with Gasteiger partial charge in [0.2, 0.25) is 0 Å². The van der Waals surface area contributed by atoms with E-state index in [2.05, 4.69) is 21.7 Å². The fourth-order valence-corrected chi connectivity index (χ4v) is 3.24. The summed E-state index contributed by atoms with van der Waals surface area (Å²) < 4.78 is 0. The standard InChI is InChI=1S/C23H24N4O2/c1-3-25-23(29)18-8-9-19-20(14-27-21(19)12-18)22(28)15(2)26-11-10-16-4-6-17(13-24)7-5-16/h4-9,12,14-15,26-27H,3,10-11H2,1-2H3,(H,25,29)/t15-/m1/s1. The maximum Gasteiger partial charge on any atom is 0.251 e. The van der Waals surface area contributed by atoms with Gasteiger partial charge in [-0.15, -0.1) is 0 Å². The minimum Gasteiger partial charge on any atom is -0.360 e. The first kappa shape index (κ1) is 20.3. The van der Waals surface area contributed by atoms with Crippen LogP contribution in [0.15, 0.2) is 48.7 Å². The van der Waals surface area contributed by atoms with Gasteiger partial charge in [-0.05, 0) is 56.6 Å². The van der Waals surface area contributed by atoms with E-state index in [1.54, 1.807) is 30.5 Å². The fraction of sp³-hybridized carbons (Fsp3) is 0.261. The van der Waals surface area contributed by atoms with Gasteiger partial charge in [0.05, 0.1) is 17.7 Å². The van der Waals surface area contributed by atoms with Crippen molar-refractivity contribution >= 4 is 22.6 Å². The number of nitrogens with zero attached hydrogens (tertiary/aromatic N) is 1. The van der Waals surface area contributed by atoms with E-state index in [1.165, 1.54) is 0 Å². The Bertz CT molecular complexity index is 1060. The molecule has 0 fully saturated rings. The maximum atomic E-state index is 12.9. The van der Waals surface area contributed by atoms with Crippen molar-refractivity contribution in [2.75, 3.05) is 13.1 Å². The zero-order valence-electron chi connectivity index (χ0n) is 16.6. The average molecular weight is 388 g/mol. The molecule has 29 heavy (non-hydrogen) atoms. The number of carbonyl (C=O) groups excluding carboxylic acids is 2. The highest BCUT2D eigenvalue weighted by Gasteiger charge is 2.19. The van der Waals surface area contributed by atoms with Gasteiger partial charge in [0.1, 0.15) is 0 Å². The van der Waals surface area contributed by atoms with Crippen LogP contribution < -0.4 is 10.6 Å². The Labute approximate surface area is 169 Å². The highest BCUT2D eigenvalue weighted by atomic mass is 16.1. The number of Topliss-reactive ketones (excluding diaryl/α,β-unsaturated/α-hetero) is 1. The number of amides is 1. The molecule has 0 saturated heterocycles. The third-order valence-electron chi connectivity index (χ3n) is 4.89. The van der Waals surface area contributed by atoms with Crippen LogP contribution in [0.4, 0.5) is 0 Å². The van der Waals surface area contributed by atoms with Crippen LogP contribution in [0.3, 0.4) is 0 Å². The molecule has 148 valence electrons. The summed E-state index contributed by atoms with van der Waals surface area (Å²) in [7, 11) is 0. The minimum absolute atomic E-state index is 0.00170. The Morgan fingerprint density at radius 1 is 1.17 bits per heavy atom. The zero-order chi connectivity index (χ0) is 20.8. The minimum atomic E-state index is -0.338. The molecule has 6 nitrogen and oxygen atoms in total. The third kappa shape index (κ3) is 4.71. The Kier molecular flexibility index (Phi) is 6.43. The number of nitrogens with one attached hydrogen (secondary N) is 3. The number of benzene rings is 2. The summed E-state index contributed by atoms with van der Waals surface area (Å²) in [6, 6.07) is 14.5. The second-order valence-electron chi connectivity index (χ2n) is 6.92. The normalized spacial score (nSPS) is 11.8. The van der Waals surface area contributed by atoms with Gasteiger partial charge in [-0.2, -0.15) is 5.26 Å². The monoisotopic (exact) mass is 388 g/mol. The first-order valence-corrected chi connectivity index (χ1v) is 9.69. The fourth-order valence-electron chi connectivity index (χ4n) is 3.24. The van der Waals surface area contributed by atoms with Crippen LogP contribution in [0.5, 0.6) is 0 Å². The quantitative estimate of drug-likeness (QED) is 0.516. The first-order chi connectivity index (χ1) is 14.0. The lowest BCUT2D eigenvalue weighted by Crippen LogP contribution is -2.35. The summed E-state index contributed by atoms with van der Waals surface area (Å²) in [6.45, 7) is 4.94. The smallest absolute Gasteiger partial charge is 0.251 e. The van der Waals surface area contributed by atoms with Crippen LogP contribution in [0.1, 0.15) is 45.7 Å². The summed E-state index contributed by atoms with van der Waals surface area (Å²) in [5, 5.41) is 15.7. The van der Waals surface area contributed by atoms with Gasteiger partial charge in [-0.3, -0.25) is 9.59 Å². The van der Waals surface area contributed by atoms with Crippen molar-refractivity contribution < 1.29 is 9.59 Å². The molecule has 1 amide bonds. The molecule has 6 heteroatoms. The van der Waals surface area contributed by atoms with E-state index < -0.39 is 0 Å². The number of aromatic nitrogens is 1. The summed E-state index contributed by atoms with van der Waals surface area (Å²) in [6.07, 6.45) is 2.47. The summed E-state index contributed by atoms with van der Waals surface area (Å²) in [5.74, 6) is -0.128. The van der Waals surface area contributed by atoms with E-state index in [0.29, 0.717) is 29.8 Å². The van der Waals surface area contributed by atoms with Crippen molar-refractivity contribution in [2.24, 2.45) is 0 Å².